The van der Waals surface area contributed by atoms with Gasteiger partial charge in [0.2, 0.25) is 0 Å². The standard InChI is InChI=1S/C20H19NO3/c22-17-8-9-18-19(15(17)12-21-10-4-5-11-21)16(13-24-18)20(23)14-6-2-1-3-7-14/h1-3,6-9,13,22H,4-5,10-12H2. The van der Waals surface area contributed by atoms with Gasteiger partial charge < -0.3 is 9.52 Å². The van der Waals surface area contributed by atoms with E-state index in [2.05, 4.69) is 4.90 Å². The second-order valence-electron chi connectivity index (χ2n) is 6.26. The number of hydrogen-bond donors (Lipinski definition) is 1. The molecule has 4 nitrogen and oxygen atoms in total. The third-order valence-electron chi connectivity index (χ3n) is 4.68. The highest BCUT2D eigenvalue weighted by Gasteiger charge is 2.22. The minimum Gasteiger partial charge on any atom is -0.508 e. The number of aromatic hydroxyl groups is 1. The molecule has 0 radical (unpaired) electrons. The number of nitrogens with zero attached hydrogens (tertiary/aromatic N) is 1. The van der Waals surface area contributed by atoms with Gasteiger partial charge in [0, 0.05) is 23.1 Å². The van der Waals surface area contributed by atoms with Gasteiger partial charge in [0.15, 0.2) is 5.78 Å². The van der Waals surface area contributed by atoms with Crippen molar-refractivity contribution in [3.05, 3.63) is 65.4 Å². The van der Waals surface area contributed by atoms with Crippen LogP contribution in [0.15, 0.2) is 53.1 Å². The second kappa shape index (κ2) is 6.13. The van der Waals surface area contributed by atoms with Gasteiger partial charge in [-0.1, -0.05) is 30.3 Å². The van der Waals surface area contributed by atoms with Crippen LogP contribution in [-0.2, 0) is 6.54 Å². The van der Waals surface area contributed by atoms with Crippen LogP contribution in [0.4, 0.5) is 0 Å². The van der Waals surface area contributed by atoms with Crippen molar-refractivity contribution in [3.63, 3.8) is 0 Å². The maximum atomic E-state index is 12.9. The van der Waals surface area contributed by atoms with E-state index in [0.29, 0.717) is 23.3 Å². The topological polar surface area (TPSA) is 53.7 Å². The van der Waals surface area contributed by atoms with Crippen LogP contribution in [-0.4, -0.2) is 28.9 Å². The number of benzene rings is 2. The van der Waals surface area contributed by atoms with E-state index in [9.17, 15) is 9.90 Å². The van der Waals surface area contributed by atoms with Gasteiger partial charge in [0.1, 0.15) is 17.6 Å². The largest absolute Gasteiger partial charge is 0.508 e. The highest BCUT2D eigenvalue weighted by atomic mass is 16.3. The summed E-state index contributed by atoms with van der Waals surface area (Å²) in [5.74, 6) is 0.139. The molecule has 1 aliphatic heterocycles. The molecule has 0 saturated carbocycles. The first kappa shape index (κ1) is 15.0. The van der Waals surface area contributed by atoms with E-state index >= 15 is 0 Å². The van der Waals surface area contributed by atoms with Crippen LogP contribution in [0.2, 0.25) is 0 Å². The number of phenols is 1. The number of carbonyl (C=O) groups excluding carboxylic acids is 1. The number of carbonyl (C=O) groups is 1. The summed E-state index contributed by atoms with van der Waals surface area (Å²) in [6, 6.07) is 12.5. The molecule has 0 bridgehead atoms. The van der Waals surface area contributed by atoms with Crippen molar-refractivity contribution >= 4 is 16.8 Å². The summed E-state index contributed by atoms with van der Waals surface area (Å²) >= 11 is 0. The molecule has 122 valence electrons. The van der Waals surface area contributed by atoms with E-state index in [1.807, 2.05) is 18.2 Å². The molecule has 0 unspecified atom stereocenters. The fraction of sp³-hybridized carbons (Fsp3) is 0.250. The zero-order chi connectivity index (χ0) is 16.5. The Labute approximate surface area is 140 Å². The minimum atomic E-state index is -0.0809. The van der Waals surface area contributed by atoms with Crippen LogP contribution in [0, 0.1) is 0 Å². The highest BCUT2D eigenvalue weighted by Crippen LogP contribution is 2.34. The fourth-order valence-corrected chi connectivity index (χ4v) is 3.43. The van der Waals surface area contributed by atoms with Crippen molar-refractivity contribution in [2.45, 2.75) is 19.4 Å². The van der Waals surface area contributed by atoms with Crippen LogP contribution in [0.5, 0.6) is 5.75 Å². The van der Waals surface area contributed by atoms with Gasteiger partial charge in [-0.3, -0.25) is 9.69 Å². The van der Waals surface area contributed by atoms with Crippen molar-refractivity contribution in [2.24, 2.45) is 0 Å². The van der Waals surface area contributed by atoms with Crippen molar-refractivity contribution < 1.29 is 14.3 Å². The molecular weight excluding hydrogens is 302 g/mol. The van der Waals surface area contributed by atoms with Crippen LogP contribution >= 0.6 is 0 Å². The first-order valence-electron chi connectivity index (χ1n) is 8.28. The number of rotatable bonds is 4. The Bertz CT molecular complexity index is 877. The Hall–Kier alpha value is -2.59. The normalized spacial score (nSPS) is 15.2. The molecule has 0 spiro atoms. The van der Waals surface area contributed by atoms with E-state index in [4.69, 9.17) is 4.42 Å². The highest BCUT2D eigenvalue weighted by molar-refractivity contribution is 6.16. The summed E-state index contributed by atoms with van der Waals surface area (Å²) in [5.41, 5.74) is 2.56. The Kier molecular flexibility index (Phi) is 3.82. The molecule has 4 rings (SSSR count). The third kappa shape index (κ3) is 2.59. The van der Waals surface area contributed by atoms with Gasteiger partial charge in [0.25, 0.3) is 0 Å². The van der Waals surface area contributed by atoms with Gasteiger partial charge in [-0.05, 0) is 38.1 Å². The molecule has 2 aromatic carbocycles. The monoisotopic (exact) mass is 321 g/mol. The number of phenolic OH excluding ortho intramolecular Hbond substituents is 1. The van der Waals surface area contributed by atoms with Gasteiger partial charge in [-0.2, -0.15) is 0 Å². The Morgan fingerprint density at radius 3 is 2.58 bits per heavy atom. The van der Waals surface area contributed by atoms with E-state index in [0.717, 1.165) is 24.0 Å². The second-order valence-corrected chi connectivity index (χ2v) is 6.26. The average molecular weight is 321 g/mol. The lowest BCUT2D eigenvalue weighted by atomic mass is 9.98. The van der Waals surface area contributed by atoms with E-state index in [-0.39, 0.29) is 11.5 Å². The van der Waals surface area contributed by atoms with E-state index < -0.39 is 0 Å². The molecule has 0 atom stereocenters. The van der Waals surface area contributed by atoms with Crippen molar-refractivity contribution in [1.82, 2.24) is 4.90 Å². The van der Waals surface area contributed by atoms with Gasteiger partial charge >= 0.3 is 0 Å². The Balaban J connectivity index is 1.81. The molecule has 1 fully saturated rings. The lowest BCUT2D eigenvalue weighted by molar-refractivity contribution is 0.103. The predicted molar refractivity (Wildman–Crippen MR) is 92.3 cm³/mol. The number of likely N-dealkylation sites (tertiary alicyclic amines) is 1. The molecule has 4 heteroatoms. The summed E-state index contributed by atoms with van der Waals surface area (Å²) in [7, 11) is 0. The molecule has 1 aromatic heterocycles. The zero-order valence-electron chi connectivity index (χ0n) is 13.4. The maximum Gasteiger partial charge on any atom is 0.196 e. The number of ketones is 1. The van der Waals surface area contributed by atoms with E-state index in [1.54, 1.807) is 24.3 Å². The molecule has 1 saturated heterocycles. The van der Waals surface area contributed by atoms with Crippen molar-refractivity contribution in [2.75, 3.05) is 13.1 Å². The van der Waals surface area contributed by atoms with Crippen LogP contribution in [0.3, 0.4) is 0 Å². The number of furan rings is 1. The van der Waals surface area contributed by atoms with Crippen molar-refractivity contribution in [1.29, 1.82) is 0 Å². The third-order valence-corrected chi connectivity index (χ3v) is 4.68. The number of hydrogen-bond acceptors (Lipinski definition) is 4. The SMILES string of the molecule is O=C(c1ccccc1)c1coc2ccc(O)c(CN3CCCC3)c12. The molecule has 1 aliphatic rings. The quantitative estimate of drug-likeness (QED) is 0.739. The van der Waals surface area contributed by atoms with Crippen LogP contribution < -0.4 is 0 Å². The molecule has 2 heterocycles. The van der Waals surface area contributed by atoms with Crippen molar-refractivity contribution in [3.8, 4) is 5.75 Å². The summed E-state index contributed by atoms with van der Waals surface area (Å²) in [5, 5.41) is 11.1. The smallest absolute Gasteiger partial charge is 0.196 e. The van der Waals surface area contributed by atoms with Crippen LogP contribution in [0.25, 0.3) is 11.0 Å². The Morgan fingerprint density at radius 2 is 1.83 bits per heavy atom. The summed E-state index contributed by atoms with van der Waals surface area (Å²) in [6.45, 7) is 2.68. The van der Waals surface area contributed by atoms with Gasteiger partial charge in [0.05, 0.1) is 5.56 Å². The summed E-state index contributed by atoms with van der Waals surface area (Å²) in [4.78, 5) is 15.2. The van der Waals surface area contributed by atoms with Gasteiger partial charge in [-0.15, -0.1) is 0 Å². The average Bonchev–Trinajstić information content (AvgIpc) is 3.27. The Morgan fingerprint density at radius 1 is 1.08 bits per heavy atom. The molecule has 0 aliphatic carbocycles. The summed E-state index contributed by atoms with van der Waals surface area (Å²) < 4.78 is 5.60. The fourth-order valence-electron chi connectivity index (χ4n) is 3.43. The first-order chi connectivity index (χ1) is 11.7. The van der Waals surface area contributed by atoms with E-state index in [1.165, 1.54) is 19.1 Å². The van der Waals surface area contributed by atoms with Gasteiger partial charge in [-0.25, -0.2) is 0 Å². The molecule has 3 aromatic rings. The van der Waals surface area contributed by atoms with Crippen LogP contribution in [0.1, 0.15) is 34.3 Å². The molecule has 24 heavy (non-hydrogen) atoms. The number of fused-ring (bicyclic) bond motifs is 1. The zero-order valence-corrected chi connectivity index (χ0v) is 13.4. The molecular formula is C20H19NO3. The minimum absolute atomic E-state index is 0.0809. The maximum absolute atomic E-state index is 12.9. The molecule has 0 amide bonds. The lowest BCUT2D eigenvalue weighted by Crippen LogP contribution is -2.18. The predicted octanol–water partition coefficient (Wildman–Crippen LogP) is 3.97. The lowest BCUT2D eigenvalue weighted by Gasteiger charge is -2.16. The molecule has 1 N–H and O–H groups in total. The summed E-state index contributed by atoms with van der Waals surface area (Å²) in [6.07, 6.45) is 3.86. The first-order valence-corrected chi connectivity index (χ1v) is 8.28.